The standard InChI is InChI=1S/C28H25N3O7S/c1-2-36-21-10-8-20(9-11-21)30-28-31(15-17-3-12-22-23(13-17)38-16-37-22)25(32)14-24(39-28)26(33)29-19-6-4-18(5-7-19)27(34)35/h3-13,24H,2,14-16H2,1H3,(H,29,33)(H,34,35)/t24-/m1/s1. The van der Waals surface area contributed by atoms with Gasteiger partial charge in [-0.15, -0.1) is 0 Å². The quantitative estimate of drug-likeness (QED) is 0.417. The van der Waals surface area contributed by atoms with Crippen LogP contribution in [0.3, 0.4) is 0 Å². The van der Waals surface area contributed by atoms with Crippen molar-refractivity contribution in [1.29, 1.82) is 0 Å². The average molecular weight is 548 g/mol. The fraction of sp³-hybridized carbons (Fsp3) is 0.214. The highest BCUT2D eigenvalue weighted by Gasteiger charge is 2.36. The lowest BCUT2D eigenvalue weighted by Crippen LogP contribution is -2.44. The first-order valence-electron chi connectivity index (χ1n) is 12.2. The van der Waals surface area contributed by atoms with Crippen molar-refractivity contribution in [3.8, 4) is 17.2 Å². The molecule has 0 aliphatic carbocycles. The van der Waals surface area contributed by atoms with Gasteiger partial charge in [0.15, 0.2) is 16.7 Å². The third-order valence-corrected chi connectivity index (χ3v) is 7.17. The summed E-state index contributed by atoms with van der Waals surface area (Å²) >= 11 is 1.19. The summed E-state index contributed by atoms with van der Waals surface area (Å²) in [4.78, 5) is 43.9. The zero-order chi connectivity index (χ0) is 27.4. The maximum Gasteiger partial charge on any atom is 0.335 e. The van der Waals surface area contributed by atoms with Gasteiger partial charge in [0.05, 0.1) is 24.4 Å². The van der Waals surface area contributed by atoms with Crippen LogP contribution in [-0.4, -0.2) is 51.6 Å². The zero-order valence-electron chi connectivity index (χ0n) is 21.0. The molecule has 0 unspecified atom stereocenters. The second kappa shape index (κ2) is 11.5. The van der Waals surface area contributed by atoms with Gasteiger partial charge in [0, 0.05) is 12.1 Å². The monoisotopic (exact) mass is 547 g/mol. The topological polar surface area (TPSA) is 127 Å². The van der Waals surface area contributed by atoms with E-state index in [4.69, 9.17) is 24.3 Å². The lowest BCUT2D eigenvalue weighted by molar-refractivity contribution is -0.129. The Bertz CT molecular complexity index is 1420. The van der Waals surface area contributed by atoms with E-state index in [2.05, 4.69) is 5.32 Å². The number of carboxylic acids is 1. The number of aliphatic imine (C=N–C) groups is 1. The van der Waals surface area contributed by atoms with Crippen LogP contribution in [0.2, 0.25) is 0 Å². The molecule has 0 bridgehead atoms. The summed E-state index contributed by atoms with van der Waals surface area (Å²) in [5.74, 6) is 0.280. The molecule has 3 aromatic carbocycles. The predicted molar refractivity (Wildman–Crippen MR) is 146 cm³/mol. The number of nitrogens with one attached hydrogen (secondary N) is 1. The maximum atomic E-state index is 13.4. The Labute approximate surface area is 228 Å². The molecule has 2 N–H and O–H groups in total. The Morgan fingerprint density at radius 1 is 1.08 bits per heavy atom. The van der Waals surface area contributed by atoms with Crippen LogP contribution in [0.4, 0.5) is 11.4 Å². The molecule has 5 rings (SSSR count). The van der Waals surface area contributed by atoms with Crippen LogP contribution in [0.1, 0.15) is 29.3 Å². The number of carbonyl (C=O) groups excluding carboxylic acids is 2. The molecule has 1 saturated heterocycles. The van der Waals surface area contributed by atoms with Gasteiger partial charge in [0.1, 0.15) is 11.0 Å². The first kappa shape index (κ1) is 26.1. The first-order valence-corrected chi connectivity index (χ1v) is 13.1. The van der Waals surface area contributed by atoms with Crippen LogP contribution in [0.15, 0.2) is 71.7 Å². The SMILES string of the molecule is CCOc1ccc(N=C2S[C@@H](C(=O)Nc3ccc(C(=O)O)cc3)CC(=O)N2Cc2ccc3c(c2)OCO3)cc1. The van der Waals surface area contributed by atoms with Gasteiger partial charge >= 0.3 is 5.97 Å². The number of ether oxygens (including phenoxy) is 3. The van der Waals surface area contributed by atoms with Gasteiger partial charge in [-0.1, -0.05) is 17.8 Å². The van der Waals surface area contributed by atoms with Gasteiger partial charge in [-0.05, 0) is 73.2 Å². The number of rotatable bonds is 8. The lowest BCUT2D eigenvalue weighted by atomic mass is 10.1. The van der Waals surface area contributed by atoms with Gasteiger partial charge < -0.3 is 24.6 Å². The van der Waals surface area contributed by atoms with Crippen molar-refractivity contribution in [3.05, 3.63) is 77.9 Å². The van der Waals surface area contributed by atoms with Crippen molar-refractivity contribution in [2.75, 3.05) is 18.7 Å². The van der Waals surface area contributed by atoms with Crippen molar-refractivity contribution < 1.29 is 33.7 Å². The van der Waals surface area contributed by atoms with E-state index in [1.54, 1.807) is 35.2 Å². The molecule has 3 aromatic rings. The molecule has 0 aromatic heterocycles. The lowest BCUT2D eigenvalue weighted by Gasteiger charge is -2.32. The molecule has 1 fully saturated rings. The Morgan fingerprint density at radius 3 is 2.54 bits per heavy atom. The van der Waals surface area contributed by atoms with E-state index in [1.165, 1.54) is 36.0 Å². The summed E-state index contributed by atoms with van der Waals surface area (Å²) in [6.45, 7) is 2.83. The highest BCUT2D eigenvalue weighted by Crippen LogP contribution is 2.35. The van der Waals surface area contributed by atoms with E-state index >= 15 is 0 Å². The normalized spacial score (nSPS) is 17.3. The summed E-state index contributed by atoms with van der Waals surface area (Å²) in [5.41, 5.74) is 1.98. The second-order valence-electron chi connectivity index (χ2n) is 8.67. The van der Waals surface area contributed by atoms with E-state index in [0.717, 1.165) is 5.56 Å². The Morgan fingerprint density at radius 2 is 1.82 bits per heavy atom. The van der Waals surface area contributed by atoms with Gasteiger partial charge in [0.25, 0.3) is 0 Å². The molecule has 2 heterocycles. The van der Waals surface area contributed by atoms with Crippen LogP contribution in [-0.2, 0) is 16.1 Å². The highest BCUT2D eigenvalue weighted by molar-refractivity contribution is 8.15. The number of benzene rings is 3. The molecule has 1 atom stereocenters. The van der Waals surface area contributed by atoms with Gasteiger partial charge in [0.2, 0.25) is 18.6 Å². The third-order valence-electron chi connectivity index (χ3n) is 5.98. The molecular weight excluding hydrogens is 522 g/mol. The van der Waals surface area contributed by atoms with E-state index in [1.807, 2.05) is 19.1 Å². The summed E-state index contributed by atoms with van der Waals surface area (Å²) in [6, 6.07) is 18.5. The van der Waals surface area contributed by atoms with Crippen LogP contribution >= 0.6 is 11.8 Å². The number of carboxylic acid groups (broad SMARTS) is 1. The molecule has 0 radical (unpaired) electrons. The summed E-state index contributed by atoms with van der Waals surface area (Å²) in [5, 5.41) is 11.5. The van der Waals surface area contributed by atoms with Crippen LogP contribution in [0.25, 0.3) is 0 Å². The molecule has 2 aliphatic rings. The van der Waals surface area contributed by atoms with E-state index in [-0.39, 0.29) is 37.1 Å². The largest absolute Gasteiger partial charge is 0.494 e. The van der Waals surface area contributed by atoms with E-state index in [9.17, 15) is 14.4 Å². The van der Waals surface area contributed by atoms with Crippen LogP contribution in [0.5, 0.6) is 17.2 Å². The molecule has 10 nitrogen and oxygen atoms in total. The van der Waals surface area contributed by atoms with Gasteiger partial charge in [-0.3, -0.25) is 14.5 Å². The van der Waals surface area contributed by atoms with Crippen molar-refractivity contribution >= 4 is 46.1 Å². The third kappa shape index (κ3) is 6.15. The van der Waals surface area contributed by atoms with Crippen molar-refractivity contribution in [3.63, 3.8) is 0 Å². The fourth-order valence-electron chi connectivity index (χ4n) is 4.03. The molecule has 2 aliphatic heterocycles. The number of nitrogens with zero attached hydrogens (tertiary/aromatic N) is 2. The van der Waals surface area contributed by atoms with Gasteiger partial charge in [-0.25, -0.2) is 9.79 Å². The number of hydrogen-bond donors (Lipinski definition) is 2. The molecule has 11 heteroatoms. The molecule has 0 saturated carbocycles. The molecule has 39 heavy (non-hydrogen) atoms. The summed E-state index contributed by atoms with van der Waals surface area (Å²) in [6.07, 6.45) is -0.0312. The highest BCUT2D eigenvalue weighted by atomic mass is 32.2. The van der Waals surface area contributed by atoms with E-state index < -0.39 is 11.2 Å². The maximum absolute atomic E-state index is 13.4. The number of fused-ring (bicyclic) bond motifs is 1. The Kier molecular flexibility index (Phi) is 7.69. The minimum atomic E-state index is -1.06. The van der Waals surface area contributed by atoms with Crippen molar-refractivity contribution in [2.45, 2.75) is 25.1 Å². The van der Waals surface area contributed by atoms with Crippen molar-refractivity contribution in [1.82, 2.24) is 4.90 Å². The number of amidine groups is 1. The fourth-order valence-corrected chi connectivity index (χ4v) is 5.13. The number of thioether (sulfide) groups is 1. The minimum absolute atomic E-state index is 0.0312. The smallest absolute Gasteiger partial charge is 0.335 e. The number of hydrogen-bond acceptors (Lipinski definition) is 8. The molecule has 200 valence electrons. The van der Waals surface area contributed by atoms with Crippen LogP contribution in [0, 0.1) is 0 Å². The zero-order valence-corrected chi connectivity index (χ0v) is 21.8. The number of anilines is 1. The molecule has 2 amide bonds. The van der Waals surface area contributed by atoms with Crippen molar-refractivity contribution in [2.24, 2.45) is 4.99 Å². The van der Waals surface area contributed by atoms with Crippen LogP contribution < -0.4 is 19.5 Å². The number of aromatic carboxylic acids is 1. The Hall–Kier alpha value is -4.51. The molecular formula is C28H25N3O7S. The number of carbonyl (C=O) groups is 3. The van der Waals surface area contributed by atoms with Gasteiger partial charge in [-0.2, -0.15) is 0 Å². The average Bonchev–Trinajstić information content (AvgIpc) is 3.40. The predicted octanol–water partition coefficient (Wildman–Crippen LogP) is 4.67. The minimum Gasteiger partial charge on any atom is -0.494 e. The summed E-state index contributed by atoms with van der Waals surface area (Å²) < 4.78 is 16.4. The summed E-state index contributed by atoms with van der Waals surface area (Å²) in [7, 11) is 0. The molecule has 0 spiro atoms. The van der Waals surface area contributed by atoms with E-state index in [0.29, 0.717) is 40.4 Å². The Balaban J connectivity index is 1.38. The number of amides is 2. The first-order chi connectivity index (χ1) is 18.9. The second-order valence-corrected chi connectivity index (χ2v) is 9.84.